The van der Waals surface area contributed by atoms with Crippen molar-refractivity contribution >= 4 is 23.0 Å². The molecular formula is C22H22F2N6O2. The van der Waals surface area contributed by atoms with Crippen molar-refractivity contribution in [1.29, 1.82) is 0 Å². The largest absolute Gasteiger partial charge is 0.382 e. The molecule has 2 N–H and O–H groups in total. The molecule has 166 valence electrons. The molecule has 0 radical (unpaired) electrons. The Labute approximate surface area is 183 Å². The fourth-order valence-corrected chi connectivity index (χ4v) is 4.00. The van der Waals surface area contributed by atoms with Gasteiger partial charge in [-0.15, -0.1) is 0 Å². The van der Waals surface area contributed by atoms with Gasteiger partial charge in [0.2, 0.25) is 0 Å². The number of methoxy groups -OCH3 is 1. The van der Waals surface area contributed by atoms with Gasteiger partial charge in [0.25, 0.3) is 0 Å². The number of rotatable bonds is 4. The molecule has 8 nitrogen and oxygen atoms in total. The number of fused-ring (bicyclic) bond motifs is 3. The summed E-state index contributed by atoms with van der Waals surface area (Å²) in [6.07, 6.45) is 1.60. The Bertz CT molecular complexity index is 1170. The maximum atomic E-state index is 14.5. The van der Waals surface area contributed by atoms with Gasteiger partial charge < -0.3 is 19.7 Å². The number of pyridine rings is 1. The van der Waals surface area contributed by atoms with Gasteiger partial charge in [0.1, 0.15) is 29.0 Å². The predicted molar refractivity (Wildman–Crippen MR) is 117 cm³/mol. The van der Waals surface area contributed by atoms with Crippen LogP contribution in [-0.4, -0.2) is 60.5 Å². The highest BCUT2D eigenvalue weighted by Gasteiger charge is 2.27. The molecule has 2 aliphatic rings. The molecule has 1 fully saturated rings. The van der Waals surface area contributed by atoms with Gasteiger partial charge >= 0.3 is 0 Å². The number of anilines is 2. The number of benzene rings is 1. The summed E-state index contributed by atoms with van der Waals surface area (Å²) in [4.78, 5) is 11.3. The van der Waals surface area contributed by atoms with Crippen LogP contribution < -0.4 is 10.2 Å². The fraction of sp³-hybridized carbons (Fsp3) is 0.318. The van der Waals surface area contributed by atoms with Crippen LogP contribution in [0.3, 0.4) is 0 Å². The van der Waals surface area contributed by atoms with E-state index in [0.29, 0.717) is 49.1 Å². The number of aromatic amines is 1. The minimum Gasteiger partial charge on any atom is -0.382 e. The van der Waals surface area contributed by atoms with Crippen LogP contribution in [0.1, 0.15) is 11.3 Å². The molecular weight excluding hydrogens is 418 g/mol. The van der Waals surface area contributed by atoms with Crippen LogP contribution in [0.4, 0.5) is 26.0 Å². The van der Waals surface area contributed by atoms with E-state index in [2.05, 4.69) is 30.4 Å². The summed E-state index contributed by atoms with van der Waals surface area (Å²) in [5.41, 5.74) is 2.89. The number of aliphatic imine (C=N–C) groups is 1. The van der Waals surface area contributed by atoms with Crippen LogP contribution in [0.15, 0.2) is 35.5 Å². The van der Waals surface area contributed by atoms with Crippen molar-refractivity contribution < 1.29 is 18.3 Å². The van der Waals surface area contributed by atoms with E-state index >= 15 is 0 Å². The number of ether oxygens (including phenoxy) is 2. The average Bonchev–Trinajstić information content (AvgIpc) is 3.05. The van der Waals surface area contributed by atoms with Crippen molar-refractivity contribution in [2.75, 3.05) is 43.6 Å². The molecule has 3 aromatic rings. The Morgan fingerprint density at radius 3 is 2.88 bits per heavy atom. The van der Waals surface area contributed by atoms with Crippen molar-refractivity contribution in [2.45, 2.75) is 13.0 Å². The lowest BCUT2D eigenvalue weighted by Crippen LogP contribution is -2.44. The Hall–Kier alpha value is -3.37. The highest BCUT2D eigenvalue weighted by atomic mass is 19.1. The molecule has 1 atom stereocenters. The number of aryl methyl sites for hydroxylation is 1. The number of H-pyrrole nitrogens is 1. The molecule has 0 bridgehead atoms. The summed E-state index contributed by atoms with van der Waals surface area (Å²) in [6, 6.07) is 5.65. The smallest absolute Gasteiger partial charge is 0.144 e. The van der Waals surface area contributed by atoms with Gasteiger partial charge in [-0.1, -0.05) is 6.07 Å². The molecule has 0 aliphatic carbocycles. The third kappa shape index (κ3) is 3.61. The highest BCUT2D eigenvalue weighted by Crippen LogP contribution is 2.40. The number of aromatic nitrogens is 3. The molecule has 0 spiro atoms. The average molecular weight is 440 g/mol. The first-order valence-corrected chi connectivity index (χ1v) is 10.3. The van der Waals surface area contributed by atoms with Gasteiger partial charge in [-0.05, 0) is 25.1 Å². The van der Waals surface area contributed by atoms with Crippen LogP contribution in [0.2, 0.25) is 0 Å². The molecule has 5 rings (SSSR count). The molecule has 1 aromatic carbocycles. The zero-order chi connectivity index (χ0) is 22.2. The van der Waals surface area contributed by atoms with E-state index in [1.54, 1.807) is 20.2 Å². The normalized spacial score (nSPS) is 17.8. The molecule has 32 heavy (non-hydrogen) atoms. The van der Waals surface area contributed by atoms with Crippen molar-refractivity contribution in [3.63, 3.8) is 0 Å². The Morgan fingerprint density at radius 1 is 1.28 bits per heavy atom. The monoisotopic (exact) mass is 440 g/mol. The van der Waals surface area contributed by atoms with Gasteiger partial charge in [-0.25, -0.2) is 18.8 Å². The summed E-state index contributed by atoms with van der Waals surface area (Å²) in [5, 5.41) is 10.4. The van der Waals surface area contributed by atoms with Crippen LogP contribution in [0.5, 0.6) is 0 Å². The van der Waals surface area contributed by atoms with Crippen LogP contribution in [-0.2, 0) is 9.47 Å². The lowest BCUT2D eigenvalue weighted by molar-refractivity contribution is -0.0102. The molecule has 2 aliphatic heterocycles. The Morgan fingerprint density at radius 2 is 2.09 bits per heavy atom. The van der Waals surface area contributed by atoms with Gasteiger partial charge in [0, 0.05) is 25.8 Å². The van der Waals surface area contributed by atoms with Crippen molar-refractivity contribution in [2.24, 2.45) is 4.99 Å². The molecule has 4 heterocycles. The van der Waals surface area contributed by atoms with Crippen molar-refractivity contribution in [1.82, 2.24) is 15.2 Å². The van der Waals surface area contributed by atoms with E-state index < -0.39 is 11.6 Å². The van der Waals surface area contributed by atoms with E-state index in [4.69, 9.17) is 9.47 Å². The zero-order valence-corrected chi connectivity index (χ0v) is 17.7. The first-order valence-electron chi connectivity index (χ1n) is 10.3. The number of nitrogens with one attached hydrogen (secondary N) is 2. The van der Waals surface area contributed by atoms with Gasteiger partial charge in [-0.2, -0.15) is 5.10 Å². The maximum absolute atomic E-state index is 14.5. The lowest BCUT2D eigenvalue weighted by atomic mass is 10.1. The second-order valence-electron chi connectivity index (χ2n) is 7.70. The summed E-state index contributed by atoms with van der Waals surface area (Å²) < 4.78 is 40.0. The number of halogens is 2. The quantitative estimate of drug-likeness (QED) is 0.647. The minimum atomic E-state index is -0.704. The van der Waals surface area contributed by atoms with Crippen molar-refractivity contribution in [3.05, 3.63) is 53.4 Å². The third-order valence-electron chi connectivity index (χ3n) is 5.57. The Kier molecular flexibility index (Phi) is 5.32. The van der Waals surface area contributed by atoms with Crippen LogP contribution in [0.25, 0.3) is 11.3 Å². The van der Waals surface area contributed by atoms with Crippen LogP contribution in [0, 0.1) is 18.6 Å². The third-order valence-corrected chi connectivity index (χ3v) is 5.57. The maximum Gasteiger partial charge on any atom is 0.144 e. The number of nitrogens with zero attached hydrogens (tertiary/aromatic N) is 4. The molecule has 10 heteroatoms. The summed E-state index contributed by atoms with van der Waals surface area (Å²) in [5.74, 6) is -0.589. The minimum absolute atomic E-state index is 0.0450. The molecule has 0 saturated carbocycles. The summed E-state index contributed by atoms with van der Waals surface area (Å²) in [6.45, 7) is 4.19. The first-order chi connectivity index (χ1) is 15.5. The lowest BCUT2D eigenvalue weighted by Gasteiger charge is -2.33. The number of morpholine rings is 1. The van der Waals surface area contributed by atoms with Gasteiger partial charge in [-0.3, -0.25) is 5.10 Å². The summed E-state index contributed by atoms with van der Waals surface area (Å²) >= 11 is 0. The SMILES string of the molecule is COC[C@@H]1CN(c2cc3c(cn2)NC(c2c(F)cccc2F)=Nc2c(C)n[nH]c2-3)CCO1. The van der Waals surface area contributed by atoms with E-state index in [-0.39, 0.29) is 17.5 Å². The second-order valence-corrected chi connectivity index (χ2v) is 7.70. The van der Waals surface area contributed by atoms with Crippen molar-refractivity contribution in [3.8, 4) is 11.3 Å². The molecule has 1 saturated heterocycles. The van der Waals surface area contributed by atoms with Gasteiger partial charge in [0.15, 0.2) is 0 Å². The summed E-state index contributed by atoms with van der Waals surface area (Å²) in [7, 11) is 1.65. The first kappa shape index (κ1) is 20.5. The number of amidine groups is 1. The topological polar surface area (TPSA) is 87.7 Å². The van der Waals surface area contributed by atoms with E-state index in [0.717, 1.165) is 11.4 Å². The zero-order valence-electron chi connectivity index (χ0n) is 17.7. The van der Waals surface area contributed by atoms with E-state index in [1.807, 2.05) is 6.07 Å². The second kappa shape index (κ2) is 8.29. The number of hydrogen-bond acceptors (Lipinski definition) is 7. The fourth-order valence-electron chi connectivity index (χ4n) is 4.00. The molecule has 0 unspecified atom stereocenters. The van der Waals surface area contributed by atoms with E-state index in [9.17, 15) is 8.78 Å². The van der Waals surface area contributed by atoms with E-state index in [1.165, 1.54) is 18.2 Å². The number of hydrogen-bond donors (Lipinski definition) is 2. The standard InChI is InChI=1S/C22H22F2N6O2/c1-12-20-21(29-28-12)14-8-18(30-6-7-32-13(10-30)11-31-2)25-9-17(14)26-22(27-20)19-15(23)4-3-5-16(19)24/h3-5,8-9,13H,6-7,10-11H2,1-2H3,(H,26,27)(H,28,29)/t13-/m0/s1. The van der Waals surface area contributed by atoms with Crippen LogP contribution >= 0.6 is 0 Å². The van der Waals surface area contributed by atoms with Gasteiger partial charge in [0.05, 0.1) is 48.2 Å². The predicted octanol–water partition coefficient (Wildman–Crippen LogP) is 3.41. The highest BCUT2D eigenvalue weighted by molar-refractivity contribution is 6.13. The molecule has 0 amide bonds. The molecule has 2 aromatic heterocycles. The Balaban J connectivity index is 1.58.